The summed E-state index contributed by atoms with van der Waals surface area (Å²) in [7, 11) is 2.07. The molecule has 4 nitrogen and oxygen atoms in total. The number of hydrogen-bond acceptors (Lipinski definition) is 3. The Kier molecular flexibility index (Phi) is 4.88. The first kappa shape index (κ1) is 15.8. The summed E-state index contributed by atoms with van der Waals surface area (Å²) in [6, 6.07) is 7.78. The second kappa shape index (κ2) is 6.48. The molecule has 1 saturated carbocycles. The van der Waals surface area contributed by atoms with Crippen molar-refractivity contribution in [2.24, 2.45) is 11.7 Å². The summed E-state index contributed by atoms with van der Waals surface area (Å²) in [5, 5.41) is 3.12. The number of nitrogens with two attached hydrogens (primary N) is 1. The summed E-state index contributed by atoms with van der Waals surface area (Å²) in [6.07, 6.45) is 3.43. The lowest BCUT2D eigenvalue weighted by Gasteiger charge is -2.29. The highest BCUT2D eigenvalue weighted by Gasteiger charge is 2.41. The Balaban J connectivity index is 2.02. The van der Waals surface area contributed by atoms with E-state index in [1.54, 1.807) is 0 Å². The lowest BCUT2D eigenvalue weighted by Crippen LogP contribution is -2.53. The quantitative estimate of drug-likeness (QED) is 0.810. The smallest absolute Gasteiger partial charge is 0.251 e. The van der Waals surface area contributed by atoms with Gasteiger partial charge in [0.05, 0.1) is 5.54 Å². The van der Waals surface area contributed by atoms with Crippen molar-refractivity contribution in [2.75, 3.05) is 25.0 Å². The van der Waals surface area contributed by atoms with Gasteiger partial charge in [-0.1, -0.05) is 6.92 Å². The largest absolute Gasteiger partial charge is 0.375 e. The van der Waals surface area contributed by atoms with Crippen molar-refractivity contribution >= 4 is 11.6 Å². The predicted octanol–water partition coefficient (Wildman–Crippen LogP) is 2.39. The SMILES string of the molecule is CCCN(C)c1ccc(C(=O)NC(C)(CN)C2CC2)cc1. The summed E-state index contributed by atoms with van der Waals surface area (Å²) < 4.78 is 0. The Labute approximate surface area is 127 Å². The molecule has 0 aromatic heterocycles. The molecule has 1 fully saturated rings. The minimum Gasteiger partial charge on any atom is -0.375 e. The number of carbonyl (C=O) groups is 1. The summed E-state index contributed by atoms with van der Waals surface area (Å²) in [5.74, 6) is 0.501. The van der Waals surface area contributed by atoms with Crippen LogP contribution in [0.15, 0.2) is 24.3 Å². The number of anilines is 1. The van der Waals surface area contributed by atoms with Crippen molar-refractivity contribution in [2.45, 2.75) is 38.6 Å². The van der Waals surface area contributed by atoms with Gasteiger partial charge in [0.25, 0.3) is 5.91 Å². The number of hydrogen-bond donors (Lipinski definition) is 2. The summed E-state index contributed by atoms with van der Waals surface area (Å²) in [4.78, 5) is 14.6. The molecule has 3 N–H and O–H groups in total. The van der Waals surface area contributed by atoms with Crippen molar-refractivity contribution in [3.63, 3.8) is 0 Å². The van der Waals surface area contributed by atoms with E-state index < -0.39 is 0 Å². The van der Waals surface area contributed by atoms with Crippen LogP contribution in [-0.4, -0.2) is 31.6 Å². The van der Waals surface area contributed by atoms with Crippen LogP contribution < -0.4 is 16.0 Å². The molecule has 1 aromatic carbocycles. The summed E-state index contributed by atoms with van der Waals surface area (Å²) in [5.41, 5.74) is 7.42. The highest BCUT2D eigenvalue weighted by molar-refractivity contribution is 5.95. The molecule has 116 valence electrons. The first-order chi connectivity index (χ1) is 10.00. The van der Waals surface area contributed by atoms with Crippen molar-refractivity contribution in [1.82, 2.24) is 5.32 Å². The molecule has 0 bridgehead atoms. The van der Waals surface area contributed by atoms with Crippen molar-refractivity contribution < 1.29 is 4.79 Å². The number of nitrogens with zero attached hydrogens (tertiary/aromatic N) is 1. The third-order valence-corrected chi connectivity index (χ3v) is 4.43. The third kappa shape index (κ3) is 3.76. The monoisotopic (exact) mass is 289 g/mol. The van der Waals surface area contributed by atoms with Gasteiger partial charge >= 0.3 is 0 Å². The van der Waals surface area contributed by atoms with Gasteiger partial charge in [-0.05, 0) is 56.4 Å². The molecule has 1 atom stereocenters. The maximum Gasteiger partial charge on any atom is 0.251 e. The van der Waals surface area contributed by atoms with Gasteiger partial charge in [0.15, 0.2) is 0 Å². The zero-order valence-corrected chi connectivity index (χ0v) is 13.4. The predicted molar refractivity (Wildman–Crippen MR) is 87.7 cm³/mol. The molecule has 0 spiro atoms. The molecule has 21 heavy (non-hydrogen) atoms. The van der Waals surface area contributed by atoms with Crippen LogP contribution in [-0.2, 0) is 0 Å². The van der Waals surface area contributed by atoms with Gasteiger partial charge < -0.3 is 16.0 Å². The molecular weight excluding hydrogens is 262 g/mol. The maximum atomic E-state index is 12.4. The van der Waals surface area contributed by atoms with Crippen LogP contribution in [0.25, 0.3) is 0 Å². The van der Waals surface area contributed by atoms with Crippen molar-refractivity contribution in [3.05, 3.63) is 29.8 Å². The van der Waals surface area contributed by atoms with E-state index in [0.717, 1.165) is 31.5 Å². The standard InChI is InChI=1S/C17H27N3O/c1-4-11-20(3)15-9-5-13(6-10-15)16(21)19-17(2,12-18)14-7-8-14/h5-6,9-10,14H,4,7-8,11-12,18H2,1-3H3,(H,19,21). The van der Waals surface area contributed by atoms with E-state index in [1.165, 1.54) is 0 Å². The van der Waals surface area contributed by atoms with Gasteiger partial charge in [-0.3, -0.25) is 4.79 Å². The van der Waals surface area contributed by atoms with E-state index in [-0.39, 0.29) is 11.4 Å². The molecular formula is C17H27N3O. The van der Waals surface area contributed by atoms with E-state index in [2.05, 4.69) is 24.2 Å². The second-order valence-electron chi connectivity index (χ2n) is 6.32. The van der Waals surface area contributed by atoms with Crippen molar-refractivity contribution in [3.8, 4) is 0 Å². The average molecular weight is 289 g/mol. The summed E-state index contributed by atoms with van der Waals surface area (Å²) >= 11 is 0. The van der Waals surface area contributed by atoms with Gasteiger partial charge in [0, 0.05) is 31.4 Å². The first-order valence-corrected chi connectivity index (χ1v) is 7.84. The van der Waals surface area contributed by atoms with E-state index >= 15 is 0 Å². The first-order valence-electron chi connectivity index (χ1n) is 7.84. The van der Waals surface area contributed by atoms with E-state index in [1.807, 2.05) is 31.2 Å². The zero-order chi connectivity index (χ0) is 15.5. The average Bonchev–Trinajstić information content (AvgIpc) is 3.32. The molecule has 0 aliphatic heterocycles. The minimum absolute atomic E-state index is 0.0282. The van der Waals surface area contributed by atoms with E-state index in [4.69, 9.17) is 5.73 Å². The van der Waals surface area contributed by atoms with Crippen LogP contribution in [0.2, 0.25) is 0 Å². The van der Waals surface area contributed by atoms with E-state index in [9.17, 15) is 4.79 Å². The second-order valence-corrected chi connectivity index (χ2v) is 6.32. The number of nitrogens with one attached hydrogen (secondary N) is 1. The van der Waals surface area contributed by atoms with Crippen LogP contribution in [0.1, 0.15) is 43.5 Å². The van der Waals surface area contributed by atoms with Gasteiger partial charge in [0.1, 0.15) is 0 Å². The molecule has 1 unspecified atom stereocenters. The highest BCUT2D eigenvalue weighted by atomic mass is 16.1. The number of carbonyl (C=O) groups excluding carboxylic acids is 1. The minimum atomic E-state index is -0.269. The maximum absolute atomic E-state index is 12.4. The normalized spacial score (nSPS) is 17.1. The Morgan fingerprint density at radius 3 is 2.48 bits per heavy atom. The molecule has 1 aromatic rings. The molecule has 0 heterocycles. The molecule has 1 amide bonds. The third-order valence-electron chi connectivity index (χ3n) is 4.43. The Bertz CT molecular complexity index is 481. The lowest BCUT2D eigenvalue weighted by atomic mass is 9.95. The van der Waals surface area contributed by atoms with Crippen LogP contribution >= 0.6 is 0 Å². The topological polar surface area (TPSA) is 58.4 Å². The fraction of sp³-hybridized carbons (Fsp3) is 0.588. The molecule has 0 radical (unpaired) electrons. The van der Waals surface area contributed by atoms with Crippen LogP contribution in [0, 0.1) is 5.92 Å². The number of amides is 1. The van der Waals surface area contributed by atoms with Gasteiger partial charge in [-0.2, -0.15) is 0 Å². The van der Waals surface area contributed by atoms with E-state index in [0.29, 0.717) is 18.0 Å². The summed E-state index contributed by atoms with van der Waals surface area (Å²) in [6.45, 7) is 5.70. The lowest BCUT2D eigenvalue weighted by molar-refractivity contribution is 0.0898. The van der Waals surface area contributed by atoms with Crippen LogP contribution in [0.5, 0.6) is 0 Å². The Hall–Kier alpha value is -1.55. The van der Waals surface area contributed by atoms with Crippen molar-refractivity contribution in [1.29, 1.82) is 0 Å². The molecule has 1 aliphatic carbocycles. The van der Waals surface area contributed by atoms with Gasteiger partial charge in [-0.25, -0.2) is 0 Å². The zero-order valence-electron chi connectivity index (χ0n) is 13.4. The highest BCUT2D eigenvalue weighted by Crippen LogP contribution is 2.39. The number of rotatable bonds is 7. The molecule has 4 heteroatoms. The Morgan fingerprint density at radius 2 is 2.00 bits per heavy atom. The number of benzene rings is 1. The molecule has 1 aliphatic rings. The van der Waals surface area contributed by atoms with Crippen LogP contribution in [0.3, 0.4) is 0 Å². The van der Waals surface area contributed by atoms with Gasteiger partial charge in [0.2, 0.25) is 0 Å². The van der Waals surface area contributed by atoms with Gasteiger partial charge in [-0.15, -0.1) is 0 Å². The Morgan fingerprint density at radius 1 is 1.38 bits per heavy atom. The fourth-order valence-electron chi connectivity index (χ4n) is 2.70. The fourth-order valence-corrected chi connectivity index (χ4v) is 2.70. The van der Waals surface area contributed by atoms with Crippen LogP contribution in [0.4, 0.5) is 5.69 Å². The molecule has 2 rings (SSSR count). The molecule has 0 saturated heterocycles.